The van der Waals surface area contributed by atoms with E-state index >= 15 is 0 Å². The minimum Gasteiger partial charge on any atom is -0.507 e. The van der Waals surface area contributed by atoms with Crippen LogP contribution in [0.1, 0.15) is 62.3 Å². The average molecular weight is 871 g/mol. The third-order valence-electron chi connectivity index (χ3n) is 11.3. The SMILES string of the molecule is CC(=O)c1c(OCc2ccccc2)cc(OCc2ccccc2)c([C@H]2O[C@H](COCc3ccccc3)[C@@H](OCc3ccccc3)[C@H](OCc3ccccc3)[C@@H]2OCc2ccccc2)c1O. The fourth-order valence-corrected chi connectivity index (χ4v) is 7.98. The van der Waals surface area contributed by atoms with Gasteiger partial charge in [-0.1, -0.05) is 182 Å². The van der Waals surface area contributed by atoms with Crippen molar-refractivity contribution in [1.29, 1.82) is 0 Å². The van der Waals surface area contributed by atoms with Crippen molar-refractivity contribution >= 4 is 5.78 Å². The first-order chi connectivity index (χ1) is 32.0. The van der Waals surface area contributed by atoms with Gasteiger partial charge in [0.05, 0.1) is 38.6 Å². The summed E-state index contributed by atoms with van der Waals surface area (Å²) in [5.41, 5.74) is 5.83. The highest BCUT2D eigenvalue weighted by Gasteiger charge is 2.51. The number of phenolic OH excluding ortho intramolecular Hbond substituents is 1. The number of ether oxygens (including phenoxy) is 7. The monoisotopic (exact) mass is 870 g/mol. The minimum atomic E-state index is -1.08. The first kappa shape index (κ1) is 45.0. The van der Waals surface area contributed by atoms with Gasteiger partial charge in [0.1, 0.15) is 66.5 Å². The van der Waals surface area contributed by atoms with Crippen molar-refractivity contribution in [3.8, 4) is 17.2 Å². The molecular weight excluding hydrogens is 817 g/mol. The summed E-state index contributed by atoms with van der Waals surface area (Å²) in [5.74, 6) is -0.305. The van der Waals surface area contributed by atoms with Crippen molar-refractivity contribution in [3.05, 3.63) is 233 Å². The van der Waals surface area contributed by atoms with E-state index in [-0.39, 0.29) is 68.0 Å². The number of carbonyl (C=O) groups excluding carboxylic acids is 1. The van der Waals surface area contributed by atoms with Crippen LogP contribution in [0.4, 0.5) is 0 Å². The Morgan fingerprint density at radius 2 is 0.846 bits per heavy atom. The zero-order valence-corrected chi connectivity index (χ0v) is 36.4. The van der Waals surface area contributed by atoms with Crippen molar-refractivity contribution < 1.29 is 43.1 Å². The van der Waals surface area contributed by atoms with E-state index in [0.29, 0.717) is 6.61 Å². The second-order valence-corrected chi connectivity index (χ2v) is 16.0. The van der Waals surface area contributed by atoms with Gasteiger partial charge in [-0.05, 0) is 40.3 Å². The van der Waals surface area contributed by atoms with Crippen LogP contribution in [-0.2, 0) is 63.3 Å². The summed E-state index contributed by atoms with van der Waals surface area (Å²) < 4.78 is 47.6. The Bertz CT molecular complexity index is 2510. The minimum absolute atomic E-state index is 0.00511. The fourth-order valence-electron chi connectivity index (χ4n) is 7.98. The van der Waals surface area contributed by atoms with Gasteiger partial charge in [-0.3, -0.25) is 4.79 Å². The van der Waals surface area contributed by atoms with E-state index in [2.05, 4.69) is 0 Å². The number of ketones is 1. The van der Waals surface area contributed by atoms with Gasteiger partial charge >= 0.3 is 0 Å². The molecule has 0 unspecified atom stereocenters. The number of Topliss-reactive ketones (excluding diaryl/α,β-unsaturated/α-hetero) is 1. The first-order valence-electron chi connectivity index (χ1n) is 22.0. The average Bonchev–Trinajstić information content (AvgIpc) is 3.35. The molecule has 7 aromatic rings. The van der Waals surface area contributed by atoms with Crippen LogP contribution >= 0.6 is 0 Å². The number of carbonyl (C=O) groups is 1. The molecule has 1 saturated heterocycles. The lowest BCUT2D eigenvalue weighted by Crippen LogP contribution is -2.58. The molecule has 7 aromatic carbocycles. The topological polar surface area (TPSA) is 102 Å². The van der Waals surface area contributed by atoms with Crippen molar-refractivity contribution in [2.75, 3.05) is 6.61 Å². The highest BCUT2D eigenvalue weighted by molar-refractivity contribution is 6.00. The van der Waals surface area contributed by atoms with Crippen molar-refractivity contribution in [1.82, 2.24) is 0 Å². The molecular formula is C56H54O9. The van der Waals surface area contributed by atoms with E-state index in [1.54, 1.807) is 6.07 Å². The van der Waals surface area contributed by atoms with Gasteiger partial charge in [-0.2, -0.15) is 0 Å². The summed E-state index contributed by atoms with van der Waals surface area (Å²) >= 11 is 0. The zero-order chi connectivity index (χ0) is 44.6. The molecule has 0 spiro atoms. The van der Waals surface area contributed by atoms with E-state index in [0.717, 1.165) is 33.4 Å². The van der Waals surface area contributed by atoms with Crippen molar-refractivity contribution in [3.63, 3.8) is 0 Å². The van der Waals surface area contributed by atoms with E-state index in [9.17, 15) is 9.90 Å². The quantitative estimate of drug-likeness (QED) is 0.0707. The molecule has 1 aliphatic heterocycles. The standard InChI is InChI=1S/C56H54O9/c1-40(57)50-47(60-34-42-22-10-3-11-23-42)32-48(61-35-43-24-12-4-13-25-43)51(52(50)58)54-56(64-38-46-30-18-7-19-31-46)55(63-37-45-28-16-6-17-29-45)53(62-36-44-26-14-5-15-27-44)49(65-54)39-59-33-41-20-8-2-9-21-41/h2-32,49,53-56,58H,33-39H2,1H3/t49-,53-,54-,55+,56-/m1/s1. The number of benzene rings is 7. The third kappa shape index (κ3) is 12.2. The van der Waals surface area contributed by atoms with Crippen LogP contribution in [0.5, 0.6) is 17.2 Å². The highest BCUT2D eigenvalue weighted by atomic mass is 16.6. The van der Waals surface area contributed by atoms with Crippen LogP contribution in [0.3, 0.4) is 0 Å². The van der Waals surface area contributed by atoms with Crippen LogP contribution in [0.15, 0.2) is 188 Å². The molecule has 1 fully saturated rings. The Morgan fingerprint density at radius 1 is 0.477 bits per heavy atom. The van der Waals surface area contributed by atoms with E-state index in [1.807, 2.05) is 182 Å². The fraction of sp³-hybridized carbons (Fsp3) is 0.232. The third-order valence-corrected chi connectivity index (χ3v) is 11.3. The number of hydrogen-bond donors (Lipinski definition) is 1. The Morgan fingerprint density at radius 3 is 1.28 bits per heavy atom. The van der Waals surface area contributed by atoms with Crippen LogP contribution < -0.4 is 9.47 Å². The first-order valence-corrected chi connectivity index (χ1v) is 22.0. The Labute approximate surface area is 381 Å². The molecule has 1 N–H and O–H groups in total. The zero-order valence-electron chi connectivity index (χ0n) is 36.4. The van der Waals surface area contributed by atoms with Gasteiger partial charge < -0.3 is 38.3 Å². The van der Waals surface area contributed by atoms with Crippen LogP contribution in [0, 0.1) is 0 Å². The molecule has 1 heterocycles. The van der Waals surface area contributed by atoms with Crippen LogP contribution in [-0.4, -0.2) is 41.9 Å². The molecule has 9 heteroatoms. The molecule has 65 heavy (non-hydrogen) atoms. The molecule has 332 valence electrons. The van der Waals surface area contributed by atoms with Gasteiger partial charge in [-0.15, -0.1) is 0 Å². The van der Waals surface area contributed by atoms with Crippen LogP contribution in [0.25, 0.3) is 0 Å². The van der Waals surface area contributed by atoms with Crippen molar-refractivity contribution in [2.45, 2.75) is 77.1 Å². The molecule has 0 amide bonds. The summed E-state index contributed by atoms with van der Waals surface area (Å²) in [5, 5.41) is 12.7. The molecule has 8 rings (SSSR count). The lowest BCUT2D eigenvalue weighted by molar-refractivity contribution is -0.275. The molecule has 0 saturated carbocycles. The molecule has 5 atom stereocenters. The molecule has 1 aliphatic rings. The molecule has 0 aromatic heterocycles. The number of aromatic hydroxyl groups is 1. The molecule has 0 aliphatic carbocycles. The van der Waals surface area contributed by atoms with E-state index in [4.69, 9.17) is 33.2 Å². The predicted molar refractivity (Wildman–Crippen MR) is 248 cm³/mol. The van der Waals surface area contributed by atoms with E-state index < -0.39 is 36.3 Å². The second-order valence-electron chi connectivity index (χ2n) is 16.0. The Balaban J connectivity index is 1.26. The summed E-state index contributed by atoms with van der Waals surface area (Å²) in [6.45, 7) is 2.77. The Kier molecular flexibility index (Phi) is 15.8. The van der Waals surface area contributed by atoms with Gasteiger partial charge in [0.25, 0.3) is 0 Å². The lowest BCUT2D eigenvalue weighted by atomic mass is 9.88. The summed E-state index contributed by atoms with van der Waals surface area (Å²) in [6.07, 6.45) is -4.30. The highest BCUT2D eigenvalue weighted by Crippen LogP contribution is 2.49. The van der Waals surface area contributed by atoms with Gasteiger partial charge in [0.15, 0.2) is 5.78 Å². The maximum Gasteiger partial charge on any atom is 0.167 e. The molecule has 9 nitrogen and oxygen atoms in total. The van der Waals surface area contributed by atoms with E-state index in [1.165, 1.54) is 6.92 Å². The van der Waals surface area contributed by atoms with Crippen LogP contribution in [0.2, 0.25) is 0 Å². The number of phenols is 1. The number of rotatable bonds is 21. The second kappa shape index (κ2) is 22.9. The maximum absolute atomic E-state index is 13.7. The largest absolute Gasteiger partial charge is 0.507 e. The summed E-state index contributed by atoms with van der Waals surface area (Å²) in [6, 6.07) is 60.6. The Hall–Kier alpha value is -6.59. The number of hydrogen-bond acceptors (Lipinski definition) is 9. The van der Waals surface area contributed by atoms with Gasteiger partial charge in [0, 0.05) is 6.07 Å². The summed E-state index contributed by atoms with van der Waals surface area (Å²) in [4.78, 5) is 13.7. The van der Waals surface area contributed by atoms with Gasteiger partial charge in [0.2, 0.25) is 0 Å². The normalized spacial score (nSPS) is 18.2. The van der Waals surface area contributed by atoms with Gasteiger partial charge in [-0.25, -0.2) is 0 Å². The predicted octanol–water partition coefficient (Wildman–Crippen LogP) is 11.2. The summed E-state index contributed by atoms with van der Waals surface area (Å²) in [7, 11) is 0. The molecule has 0 bridgehead atoms. The maximum atomic E-state index is 13.7. The molecule has 0 radical (unpaired) electrons. The lowest BCUT2D eigenvalue weighted by Gasteiger charge is -2.46. The van der Waals surface area contributed by atoms with Crippen molar-refractivity contribution in [2.24, 2.45) is 0 Å². The smallest absolute Gasteiger partial charge is 0.167 e.